The van der Waals surface area contributed by atoms with Crippen LogP contribution in [-0.2, 0) is 25.5 Å². The Morgan fingerprint density at radius 3 is 2.57 bits per heavy atom. The lowest BCUT2D eigenvalue weighted by Gasteiger charge is -2.40. The first kappa shape index (κ1) is 30.4. The third kappa shape index (κ3) is 4.87. The number of aryl methyl sites for hydroxylation is 1. The smallest absolute Gasteiger partial charge is 0.311 e. The van der Waals surface area contributed by atoms with Gasteiger partial charge in [0.25, 0.3) is 5.91 Å². The lowest BCUT2D eigenvalue weighted by Crippen LogP contribution is -2.58. The van der Waals surface area contributed by atoms with Gasteiger partial charge in [-0.25, -0.2) is 0 Å². The second kappa shape index (κ2) is 11.9. The molecule has 9 heteroatoms. The number of ether oxygens (including phenoxy) is 1. The van der Waals surface area contributed by atoms with Crippen LogP contribution in [0.15, 0.2) is 73.8 Å². The minimum atomic E-state index is -0.935. The van der Waals surface area contributed by atoms with E-state index in [2.05, 4.69) is 13.2 Å². The molecule has 6 atom stereocenters. The van der Waals surface area contributed by atoms with E-state index in [0.717, 1.165) is 11.1 Å². The summed E-state index contributed by atoms with van der Waals surface area (Å²) in [4.78, 5) is 46.3. The standard InChI is InChI=1S/C33H37ClN2O5S/c1-5-17-35(27-21(3)11-10-14-24(27)34)30(39)28-33-16-15-32(4,42-33)26(31(40)41-18-6-2)25(33)29(38)36(28)23(20-37)19-22-12-8-7-9-13-22/h5-14,23,25-26,28,37H,1-2,15-20H2,3-4H3/t23-,25+,26-,28?,32+,33?/m1/s1. The summed E-state index contributed by atoms with van der Waals surface area (Å²) in [7, 11) is 0. The predicted molar refractivity (Wildman–Crippen MR) is 166 cm³/mol. The molecule has 2 aromatic rings. The molecule has 0 aromatic heterocycles. The molecule has 2 unspecified atom stereocenters. The van der Waals surface area contributed by atoms with Gasteiger partial charge in [-0.1, -0.05) is 72.8 Å². The van der Waals surface area contributed by atoms with Crippen LogP contribution in [0.25, 0.3) is 0 Å². The largest absolute Gasteiger partial charge is 0.461 e. The highest BCUT2D eigenvalue weighted by Gasteiger charge is 2.78. The van der Waals surface area contributed by atoms with E-state index in [9.17, 15) is 19.5 Å². The first-order chi connectivity index (χ1) is 20.1. The Labute approximate surface area is 256 Å². The fourth-order valence-electron chi connectivity index (χ4n) is 7.29. The van der Waals surface area contributed by atoms with Crippen molar-refractivity contribution in [2.75, 3.05) is 24.7 Å². The SMILES string of the molecule is C=CCOC(=O)[C@H]1[C@H]2C(=O)N([C@@H](CO)Cc3ccccc3)C(C(=O)N(CC=C)c3c(C)cccc3Cl)C23CC[C@]1(C)S3. The third-order valence-electron chi connectivity index (χ3n) is 9.00. The molecule has 2 aromatic carbocycles. The number of aliphatic hydroxyl groups is 1. The van der Waals surface area contributed by atoms with Crippen LogP contribution in [-0.4, -0.2) is 69.1 Å². The van der Waals surface area contributed by atoms with Crippen molar-refractivity contribution in [3.63, 3.8) is 0 Å². The summed E-state index contributed by atoms with van der Waals surface area (Å²) >= 11 is 8.24. The number of rotatable bonds is 11. The summed E-state index contributed by atoms with van der Waals surface area (Å²) < 4.78 is 4.09. The van der Waals surface area contributed by atoms with E-state index in [1.54, 1.807) is 33.7 Å². The quantitative estimate of drug-likeness (QED) is 0.286. The number of para-hydroxylation sites is 1. The number of carbonyl (C=O) groups excluding carboxylic acids is 3. The minimum absolute atomic E-state index is 0.0439. The van der Waals surface area contributed by atoms with Crippen molar-refractivity contribution in [3.8, 4) is 0 Å². The number of fused-ring (bicyclic) bond motifs is 1. The molecule has 1 N–H and O–H groups in total. The molecule has 5 rings (SSSR count). The summed E-state index contributed by atoms with van der Waals surface area (Å²) in [6.07, 6.45) is 4.74. The molecule has 3 fully saturated rings. The Morgan fingerprint density at radius 1 is 1.19 bits per heavy atom. The summed E-state index contributed by atoms with van der Waals surface area (Å²) in [5.41, 5.74) is 2.30. The minimum Gasteiger partial charge on any atom is -0.461 e. The monoisotopic (exact) mass is 608 g/mol. The Hall–Kier alpha value is -3.07. The summed E-state index contributed by atoms with van der Waals surface area (Å²) in [6, 6.07) is 13.4. The van der Waals surface area contributed by atoms with Gasteiger partial charge in [-0.05, 0) is 50.3 Å². The van der Waals surface area contributed by atoms with Gasteiger partial charge in [0.15, 0.2) is 0 Å². The molecule has 7 nitrogen and oxygen atoms in total. The second-order valence-corrected chi connectivity index (χ2v) is 13.9. The lowest BCUT2D eigenvalue weighted by molar-refractivity contribution is -0.155. The van der Waals surface area contributed by atoms with Crippen molar-refractivity contribution in [3.05, 3.63) is 90.0 Å². The Bertz CT molecular complexity index is 1380. The maximum absolute atomic E-state index is 14.9. The third-order valence-corrected chi connectivity index (χ3v) is 11.3. The zero-order chi connectivity index (χ0) is 30.2. The number of anilines is 1. The number of thioether (sulfide) groups is 1. The van der Waals surface area contributed by atoms with Crippen molar-refractivity contribution >= 4 is 46.8 Å². The van der Waals surface area contributed by atoms with Gasteiger partial charge in [-0.15, -0.1) is 18.3 Å². The van der Waals surface area contributed by atoms with Gasteiger partial charge < -0.3 is 19.6 Å². The molecular formula is C33H37ClN2O5S. The van der Waals surface area contributed by atoms with Crippen molar-refractivity contribution in [2.24, 2.45) is 11.8 Å². The molecule has 1 spiro atoms. The first-order valence-electron chi connectivity index (χ1n) is 14.3. The fourth-order valence-corrected chi connectivity index (χ4v) is 9.94. The van der Waals surface area contributed by atoms with E-state index in [4.69, 9.17) is 16.3 Å². The van der Waals surface area contributed by atoms with Gasteiger partial charge in [0.05, 0.1) is 39.9 Å². The molecule has 0 saturated carbocycles. The van der Waals surface area contributed by atoms with Crippen LogP contribution in [0, 0.1) is 18.8 Å². The van der Waals surface area contributed by atoms with Gasteiger partial charge >= 0.3 is 5.97 Å². The van der Waals surface area contributed by atoms with Crippen molar-refractivity contribution in [1.82, 2.24) is 4.90 Å². The molecule has 2 amide bonds. The van der Waals surface area contributed by atoms with Crippen LogP contribution in [0.4, 0.5) is 5.69 Å². The number of likely N-dealkylation sites (tertiary alicyclic amines) is 1. The van der Waals surface area contributed by atoms with Crippen molar-refractivity contribution in [1.29, 1.82) is 0 Å². The summed E-state index contributed by atoms with van der Waals surface area (Å²) in [5.74, 6) is -2.55. The topological polar surface area (TPSA) is 87.1 Å². The van der Waals surface area contributed by atoms with Crippen LogP contribution in [0.2, 0.25) is 5.02 Å². The highest BCUT2D eigenvalue weighted by molar-refractivity contribution is 8.02. The number of amides is 2. The molecule has 0 radical (unpaired) electrons. The second-order valence-electron chi connectivity index (χ2n) is 11.6. The van der Waals surface area contributed by atoms with Gasteiger partial charge in [0, 0.05) is 11.3 Å². The van der Waals surface area contributed by atoms with Crippen LogP contribution in [0.1, 0.15) is 30.9 Å². The van der Waals surface area contributed by atoms with Crippen LogP contribution in [0.5, 0.6) is 0 Å². The van der Waals surface area contributed by atoms with E-state index in [1.165, 1.54) is 6.08 Å². The van der Waals surface area contributed by atoms with Gasteiger partial charge in [-0.2, -0.15) is 0 Å². The molecule has 3 heterocycles. The maximum Gasteiger partial charge on any atom is 0.311 e. The molecule has 0 aliphatic carbocycles. The Morgan fingerprint density at radius 2 is 1.93 bits per heavy atom. The number of carbonyl (C=O) groups is 3. The molecule has 42 heavy (non-hydrogen) atoms. The lowest BCUT2D eigenvalue weighted by atomic mass is 9.66. The zero-order valence-corrected chi connectivity index (χ0v) is 25.6. The highest BCUT2D eigenvalue weighted by atomic mass is 35.5. The number of nitrogens with zero attached hydrogens (tertiary/aromatic N) is 2. The highest BCUT2D eigenvalue weighted by Crippen LogP contribution is 2.72. The number of aliphatic hydroxyl groups excluding tert-OH is 1. The number of esters is 1. The van der Waals surface area contributed by atoms with E-state index < -0.39 is 39.4 Å². The van der Waals surface area contributed by atoms with E-state index in [1.807, 2.05) is 56.3 Å². The van der Waals surface area contributed by atoms with Crippen LogP contribution < -0.4 is 4.90 Å². The summed E-state index contributed by atoms with van der Waals surface area (Å²) in [5, 5.41) is 11.1. The first-order valence-corrected chi connectivity index (χ1v) is 15.4. The molecular weight excluding hydrogens is 572 g/mol. The number of halogens is 1. The molecule has 222 valence electrons. The molecule has 3 aliphatic rings. The fraction of sp³-hybridized carbons (Fsp3) is 0.424. The van der Waals surface area contributed by atoms with Gasteiger partial charge in [0.1, 0.15) is 12.6 Å². The van der Waals surface area contributed by atoms with Crippen molar-refractivity contribution in [2.45, 2.75) is 54.7 Å². The van der Waals surface area contributed by atoms with Gasteiger partial charge in [-0.3, -0.25) is 14.4 Å². The van der Waals surface area contributed by atoms with Gasteiger partial charge in [0.2, 0.25) is 5.91 Å². The average Bonchev–Trinajstić information content (AvgIpc) is 3.55. The summed E-state index contributed by atoms with van der Waals surface area (Å²) in [6.45, 7) is 11.3. The van der Waals surface area contributed by atoms with Crippen LogP contribution >= 0.6 is 23.4 Å². The number of benzene rings is 2. The van der Waals surface area contributed by atoms with E-state index in [0.29, 0.717) is 30.0 Å². The number of hydrogen-bond acceptors (Lipinski definition) is 6. The number of hydrogen-bond donors (Lipinski definition) is 1. The molecule has 3 aliphatic heterocycles. The predicted octanol–water partition coefficient (Wildman–Crippen LogP) is 4.98. The molecule has 3 saturated heterocycles. The Balaban J connectivity index is 1.65. The normalized spacial score (nSPS) is 28.3. The molecule has 2 bridgehead atoms. The van der Waals surface area contributed by atoms with E-state index in [-0.39, 0.29) is 31.6 Å². The average molecular weight is 609 g/mol. The van der Waals surface area contributed by atoms with Crippen LogP contribution in [0.3, 0.4) is 0 Å². The zero-order valence-electron chi connectivity index (χ0n) is 24.0. The van der Waals surface area contributed by atoms with E-state index >= 15 is 0 Å². The maximum atomic E-state index is 14.9. The Kier molecular flexibility index (Phi) is 8.61. The van der Waals surface area contributed by atoms with Crippen molar-refractivity contribution < 1.29 is 24.2 Å².